The van der Waals surface area contributed by atoms with Gasteiger partial charge in [0.05, 0.1) is 5.92 Å². The first-order valence-electron chi connectivity index (χ1n) is 13.0. The van der Waals surface area contributed by atoms with Crippen LogP contribution < -0.4 is 11.1 Å². The molecule has 2 fully saturated rings. The molecule has 3 aromatic rings. The molecule has 2 amide bonds. The first-order valence-corrected chi connectivity index (χ1v) is 13.0. The van der Waals surface area contributed by atoms with E-state index in [0.29, 0.717) is 23.6 Å². The molecule has 8 heteroatoms. The summed E-state index contributed by atoms with van der Waals surface area (Å²) >= 11 is 0. The van der Waals surface area contributed by atoms with E-state index in [-0.39, 0.29) is 35.6 Å². The van der Waals surface area contributed by atoms with Crippen molar-refractivity contribution in [3.05, 3.63) is 84.1 Å². The van der Waals surface area contributed by atoms with Gasteiger partial charge in [-0.1, -0.05) is 30.4 Å². The number of rotatable bonds is 7. The number of pyridine rings is 1. The van der Waals surface area contributed by atoms with Crippen LogP contribution in [0, 0.1) is 17.8 Å². The van der Waals surface area contributed by atoms with Crippen molar-refractivity contribution in [2.45, 2.75) is 31.7 Å². The molecule has 1 saturated heterocycles. The van der Waals surface area contributed by atoms with Crippen LogP contribution in [-0.4, -0.2) is 50.8 Å². The predicted molar refractivity (Wildman–Crippen MR) is 140 cm³/mol. The molecule has 0 spiro atoms. The second-order valence-corrected chi connectivity index (χ2v) is 10.2. The molecule has 188 valence electrons. The number of primary amides is 1. The Morgan fingerprint density at radius 3 is 2.68 bits per heavy atom. The van der Waals surface area contributed by atoms with Gasteiger partial charge < -0.3 is 16.0 Å². The Morgan fingerprint density at radius 1 is 1.05 bits per heavy atom. The summed E-state index contributed by atoms with van der Waals surface area (Å²) in [4.78, 5) is 40.9. The average Bonchev–Trinajstić information content (AvgIpc) is 3.68. The minimum absolute atomic E-state index is 0.0800. The van der Waals surface area contributed by atoms with E-state index in [1.807, 2.05) is 47.5 Å². The van der Waals surface area contributed by atoms with Crippen molar-refractivity contribution in [2.24, 2.45) is 23.5 Å². The number of carbonyl (C=O) groups is 2. The normalized spacial score (nSPS) is 23.9. The number of nitrogens with one attached hydrogen (secondary N) is 1. The topological polar surface area (TPSA) is 114 Å². The van der Waals surface area contributed by atoms with Gasteiger partial charge in [-0.25, -0.2) is 9.97 Å². The largest absolute Gasteiger partial charge is 0.369 e. The number of allylic oxidation sites excluding steroid dienone is 1. The molecule has 1 saturated carbocycles. The molecule has 2 bridgehead atoms. The number of aromatic nitrogens is 3. The molecule has 3 heterocycles. The Hall–Kier alpha value is -4.07. The fourth-order valence-corrected chi connectivity index (χ4v) is 6.01. The fraction of sp³-hybridized carbons (Fsp3) is 0.345. The van der Waals surface area contributed by atoms with E-state index in [1.165, 1.54) is 0 Å². The molecule has 1 unspecified atom stereocenters. The van der Waals surface area contributed by atoms with Crippen LogP contribution in [0.3, 0.4) is 0 Å². The quantitative estimate of drug-likeness (QED) is 0.486. The number of nitrogens with two attached hydrogens (primary N) is 1. The Morgan fingerprint density at radius 2 is 1.89 bits per heavy atom. The number of nitrogens with zero attached hydrogens (tertiary/aromatic N) is 4. The molecule has 1 aromatic carbocycles. The van der Waals surface area contributed by atoms with Crippen molar-refractivity contribution in [1.82, 2.24) is 19.9 Å². The van der Waals surface area contributed by atoms with E-state index in [1.54, 1.807) is 12.4 Å². The van der Waals surface area contributed by atoms with Gasteiger partial charge in [0.2, 0.25) is 5.91 Å². The van der Waals surface area contributed by atoms with E-state index < -0.39 is 0 Å². The predicted octanol–water partition coefficient (Wildman–Crippen LogP) is 3.45. The number of fused-ring (bicyclic) bond motifs is 2. The molecule has 1 aliphatic heterocycles. The summed E-state index contributed by atoms with van der Waals surface area (Å²) in [5.74, 6) is 1.22. The van der Waals surface area contributed by atoms with Crippen LogP contribution >= 0.6 is 0 Å². The van der Waals surface area contributed by atoms with Gasteiger partial charge in [0.1, 0.15) is 11.6 Å². The number of amides is 2. The van der Waals surface area contributed by atoms with Crippen LogP contribution in [-0.2, 0) is 11.2 Å². The summed E-state index contributed by atoms with van der Waals surface area (Å²) < 4.78 is 0. The molecular weight excluding hydrogens is 464 g/mol. The zero-order valence-corrected chi connectivity index (χ0v) is 20.6. The second-order valence-electron chi connectivity index (χ2n) is 10.2. The first-order chi connectivity index (χ1) is 18.1. The van der Waals surface area contributed by atoms with Crippen molar-refractivity contribution >= 4 is 17.6 Å². The third-order valence-electron chi connectivity index (χ3n) is 7.83. The van der Waals surface area contributed by atoms with Crippen LogP contribution in [0.15, 0.2) is 67.1 Å². The van der Waals surface area contributed by atoms with Gasteiger partial charge in [0.25, 0.3) is 5.91 Å². The number of carbonyl (C=O) groups excluding carboxylic acids is 2. The van der Waals surface area contributed by atoms with Gasteiger partial charge in [0, 0.05) is 60.8 Å². The maximum Gasteiger partial charge on any atom is 0.253 e. The standard InChI is InChI=1S/C29H30N6O2/c30-27(36)25-19-8-9-20(15-19)26(25)34-28-23(22-7-4-10-31-16-22)17-32-24(33-28)14-18-5-3-6-21(13-18)29(37)35-11-1-2-12-35/h3-10,13,16-17,19-20,25-26H,1-2,11-12,14-15H2,(H2,30,36)(H,32,33,34)/t19-,20+,25?,26-/m1/s1. The summed E-state index contributed by atoms with van der Waals surface area (Å²) in [5.41, 5.74) is 9.20. The molecule has 0 radical (unpaired) electrons. The summed E-state index contributed by atoms with van der Waals surface area (Å²) in [7, 11) is 0. The molecule has 3 N–H and O–H groups in total. The summed E-state index contributed by atoms with van der Waals surface area (Å²) in [6.07, 6.45) is 13.1. The Labute approximate surface area is 216 Å². The van der Waals surface area contributed by atoms with Crippen LogP contribution in [0.2, 0.25) is 0 Å². The Kier molecular flexibility index (Phi) is 6.16. The molecule has 8 nitrogen and oxygen atoms in total. The summed E-state index contributed by atoms with van der Waals surface area (Å²) in [6, 6.07) is 11.5. The van der Waals surface area contributed by atoms with E-state index in [0.717, 1.165) is 49.0 Å². The molecule has 37 heavy (non-hydrogen) atoms. The van der Waals surface area contributed by atoms with Gasteiger partial charge in [0.15, 0.2) is 0 Å². The van der Waals surface area contributed by atoms with Gasteiger partial charge >= 0.3 is 0 Å². The number of hydrogen-bond acceptors (Lipinski definition) is 6. The lowest BCUT2D eigenvalue weighted by molar-refractivity contribution is -0.122. The van der Waals surface area contributed by atoms with Crippen molar-refractivity contribution < 1.29 is 9.59 Å². The Balaban J connectivity index is 1.30. The van der Waals surface area contributed by atoms with Gasteiger partial charge in [-0.2, -0.15) is 0 Å². The highest BCUT2D eigenvalue weighted by Gasteiger charge is 2.47. The smallest absolute Gasteiger partial charge is 0.253 e. The van der Waals surface area contributed by atoms with Crippen molar-refractivity contribution in [1.29, 1.82) is 0 Å². The van der Waals surface area contributed by atoms with Crippen molar-refractivity contribution in [3.8, 4) is 11.1 Å². The van der Waals surface area contributed by atoms with Crippen molar-refractivity contribution in [2.75, 3.05) is 18.4 Å². The van der Waals surface area contributed by atoms with Crippen molar-refractivity contribution in [3.63, 3.8) is 0 Å². The highest BCUT2D eigenvalue weighted by molar-refractivity contribution is 5.94. The lowest BCUT2D eigenvalue weighted by atomic mass is 9.88. The van der Waals surface area contributed by atoms with E-state index >= 15 is 0 Å². The lowest BCUT2D eigenvalue weighted by Gasteiger charge is -2.28. The lowest BCUT2D eigenvalue weighted by Crippen LogP contribution is -2.41. The van der Waals surface area contributed by atoms with Crippen LogP contribution in [0.1, 0.15) is 41.0 Å². The number of likely N-dealkylation sites (tertiary alicyclic amines) is 1. The summed E-state index contributed by atoms with van der Waals surface area (Å²) in [6.45, 7) is 1.64. The maximum atomic E-state index is 12.9. The van der Waals surface area contributed by atoms with E-state index in [2.05, 4.69) is 27.4 Å². The monoisotopic (exact) mass is 494 g/mol. The van der Waals surface area contributed by atoms with Gasteiger partial charge in [-0.05, 0) is 54.9 Å². The minimum atomic E-state index is -0.286. The van der Waals surface area contributed by atoms with E-state index in [4.69, 9.17) is 10.7 Å². The number of benzene rings is 1. The second kappa shape index (κ2) is 9.76. The molecule has 6 rings (SSSR count). The number of hydrogen-bond donors (Lipinski definition) is 2. The molecule has 3 aliphatic rings. The third-order valence-corrected chi connectivity index (χ3v) is 7.83. The number of anilines is 1. The highest BCUT2D eigenvalue weighted by Crippen LogP contribution is 2.45. The molecule has 2 aliphatic carbocycles. The van der Waals surface area contributed by atoms with Crippen LogP contribution in [0.5, 0.6) is 0 Å². The average molecular weight is 495 g/mol. The Bertz CT molecular complexity index is 1350. The molecule has 2 aromatic heterocycles. The zero-order valence-electron chi connectivity index (χ0n) is 20.6. The zero-order chi connectivity index (χ0) is 25.4. The highest BCUT2D eigenvalue weighted by atomic mass is 16.2. The third kappa shape index (κ3) is 4.59. The molecule has 4 atom stereocenters. The van der Waals surface area contributed by atoms with Crippen LogP contribution in [0.25, 0.3) is 11.1 Å². The van der Waals surface area contributed by atoms with Gasteiger partial charge in [-0.15, -0.1) is 0 Å². The minimum Gasteiger partial charge on any atom is -0.369 e. The van der Waals surface area contributed by atoms with Gasteiger partial charge in [-0.3, -0.25) is 14.6 Å². The first kappa shape index (κ1) is 23.3. The van der Waals surface area contributed by atoms with E-state index in [9.17, 15) is 9.59 Å². The summed E-state index contributed by atoms with van der Waals surface area (Å²) in [5, 5.41) is 3.57. The SMILES string of the molecule is NC(=O)C1[C@@H]2C=C[C@@H](C2)[C@H]1Nc1nc(Cc2cccc(C(=O)N3CCCC3)c2)ncc1-c1cccnc1. The fourth-order valence-electron chi connectivity index (χ4n) is 6.01. The molecular formula is C29H30N6O2. The van der Waals surface area contributed by atoms with Crippen LogP contribution in [0.4, 0.5) is 5.82 Å². The maximum absolute atomic E-state index is 12.9.